The fourth-order valence-electron chi connectivity index (χ4n) is 2.34. The maximum atomic E-state index is 4.74. The topological polar surface area (TPSA) is 28.2 Å². The highest BCUT2D eigenvalue weighted by molar-refractivity contribution is 7.15. The molecule has 4 heteroatoms. The summed E-state index contributed by atoms with van der Waals surface area (Å²) in [7, 11) is 2.11. The van der Waals surface area contributed by atoms with Crippen molar-refractivity contribution in [2.75, 3.05) is 18.5 Å². The summed E-state index contributed by atoms with van der Waals surface area (Å²) < 4.78 is 0. The zero-order valence-electron chi connectivity index (χ0n) is 13.4. The van der Waals surface area contributed by atoms with Gasteiger partial charge >= 0.3 is 0 Å². The van der Waals surface area contributed by atoms with E-state index in [1.807, 2.05) is 0 Å². The summed E-state index contributed by atoms with van der Waals surface area (Å²) in [6, 6.07) is 10.9. The Morgan fingerprint density at radius 2 is 2.00 bits per heavy atom. The third kappa shape index (κ3) is 4.29. The van der Waals surface area contributed by atoms with E-state index in [1.54, 1.807) is 11.3 Å². The average molecular weight is 303 g/mol. The first-order chi connectivity index (χ1) is 10.1. The van der Waals surface area contributed by atoms with Crippen molar-refractivity contribution in [2.24, 2.45) is 0 Å². The van der Waals surface area contributed by atoms with Crippen LogP contribution in [0.25, 0.3) is 0 Å². The summed E-state index contributed by atoms with van der Waals surface area (Å²) in [6.45, 7) is 8.46. The second-order valence-corrected chi connectivity index (χ2v) is 6.47. The molecule has 0 radical (unpaired) electrons. The molecule has 2 aromatic rings. The van der Waals surface area contributed by atoms with Gasteiger partial charge in [0.05, 0.1) is 5.69 Å². The second kappa shape index (κ2) is 7.57. The fraction of sp³-hybridized carbons (Fsp3) is 0.471. The summed E-state index contributed by atoms with van der Waals surface area (Å²) in [4.78, 5) is 8.31. The standard InChI is InChI=1S/C17H25N3S/c1-5-11-18-13(2)16-14(3)19-17(21-16)20(4)12-15-9-7-6-8-10-15/h6-10,13,18H,5,11-12H2,1-4H3. The van der Waals surface area contributed by atoms with E-state index in [1.165, 1.54) is 10.4 Å². The monoisotopic (exact) mass is 303 g/mol. The Hall–Kier alpha value is -1.39. The molecule has 1 unspecified atom stereocenters. The maximum Gasteiger partial charge on any atom is 0.185 e. The minimum atomic E-state index is 0.376. The molecule has 0 fully saturated rings. The Morgan fingerprint density at radius 1 is 1.29 bits per heavy atom. The van der Waals surface area contributed by atoms with E-state index in [2.05, 4.69) is 68.4 Å². The number of nitrogens with one attached hydrogen (secondary N) is 1. The van der Waals surface area contributed by atoms with E-state index < -0.39 is 0 Å². The molecule has 2 rings (SSSR count). The molecule has 1 aromatic carbocycles. The van der Waals surface area contributed by atoms with Crippen LogP contribution in [0.2, 0.25) is 0 Å². The predicted molar refractivity (Wildman–Crippen MR) is 92.1 cm³/mol. The molecule has 3 nitrogen and oxygen atoms in total. The van der Waals surface area contributed by atoms with Crippen molar-refractivity contribution in [1.82, 2.24) is 10.3 Å². The molecule has 0 saturated heterocycles. The lowest BCUT2D eigenvalue weighted by molar-refractivity contribution is 0.575. The van der Waals surface area contributed by atoms with Crippen LogP contribution in [-0.2, 0) is 6.54 Å². The molecule has 1 atom stereocenters. The zero-order chi connectivity index (χ0) is 15.2. The van der Waals surface area contributed by atoms with Crippen LogP contribution in [0.15, 0.2) is 30.3 Å². The second-order valence-electron chi connectivity index (χ2n) is 5.46. The molecule has 0 aliphatic heterocycles. The van der Waals surface area contributed by atoms with Crippen LogP contribution in [0.4, 0.5) is 5.13 Å². The highest BCUT2D eigenvalue weighted by Crippen LogP contribution is 2.30. The zero-order valence-corrected chi connectivity index (χ0v) is 14.2. The highest BCUT2D eigenvalue weighted by Gasteiger charge is 2.16. The number of rotatable bonds is 7. The number of aryl methyl sites for hydroxylation is 1. The Morgan fingerprint density at radius 3 is 2.67 bits per heavy atom. The normalized spacial score (nSPS) is 12.4. The van der Waals surface area contributed by atoms with E-state index in [0.717, 1.165) is 30.3 Å². The number of hydrogen-bond acceptors (Lipinski definition) is 4. The number of hydrogen-bond donors (Lipinski definition) is 1. The summed E-state index contributed by atoms with van der Waals surface area (Å²) in [5.41, 5.74) is 2.46. The molecule has 0 amide bonds. The number of anilines is 1. The van der Waals surface area contributed by atoms with E-state index in [-0.39, 0.29) is 0 Å². The van der Waals surface area contributed by atoms with Crippen LogP contribution in [0.3, 0.4) is 0 Å². The van der Waals surface area contributed by atoms with Crippen LogP contribution < -0.4 is 10.2 Å². The molecule has 1 N–H and O–H groups in total. The van der Waals surface area contributed by atoms with Gasteiger partial charge in [-0.2, -0.15) is 0 Å². The summed E-state index contributed by atoms with van der Waals surface area (Å²) in [6.07, 6.45) is 1.16. The van der Waals surface area contributed by atoms with Gasteiger partial charge in [0.15, 0.2) is 5.13 Å². The number of benzene rings is 1. The van der Waals surface area contributed by atoms with Crippen LogP contribution >= 0.6 is 11.3 Å². The van der Waals surface area contributed by atoms with E-state index in [4.69, 9.17) is 4.98 Å². The fourth-order valence-corrected chi connectivity index (χ4v) is 3.39. The third-order valence-electron chi connectivity index (χ3n) is 3.50. The minimum Gasteiger partial charge on any atom is -0.347 e. The van der Waals surface area contributed by atoms with Gasteiger partial charge in [-0.3, -0.25) is 0 Å². The first-order valence-corrected chi connectivity index (χ1v) is 8.39. The Balaban J connectivity index is 2.07. The van der Waals surface area contributed by atoms with Gasteiger partial charge in [0.25, 0.3) is 0 Å². The maximum absolute atomic E-state index is 4.74. The van der Waals surface area contributed by atoms with Crippen LogP contribution in [0, 0.1) is 6.92 Å². The Kier molecular flexibility index (Phi) is 5.76. The lowest BCUT2D eigenvalue weighted by Gasteiger charge is -2.15. The Labute approximate surface area is 132 Å². The van der Waals surface area contributed by atoms with Gasteiger partial charge in [0, 0.05) is 24.5 Å². The molecule has 0 spiro atoms. The van der Waals surface area contributed by atoms with Gasteiger partial charge in [-0.25, -0.2) is 4.98 Å². The van der Waals surface area contributed by atoms with Gasteiger partial charge in [-0.15, -0.1) is 11.3 Å². The van der Waals surface area contributed by atoms with Crippen molar-refractivity contribution >= 4 is 16.5 Å². The minimum absolute atomic E-state index is 0.376. The number of nitrogens with zero attached hydrogens (tertiary/aromatic N) is 2. The third-order valence-corrected chi connectivity index (χ3v) is 4.96. The predicted octanol–water partition coefficient (Wildman–Crippen LogP) is 4.15. The molecule has 21 heavy (non-hydrogen) atoms. The molecule has 1 heterocycles. The van der Waals surface area contributed by atoms with Crippen LogP contribution in [0.5, 0.6) is 0 Å². The first kappa shape index (κ1) is 16.0. The molecule has 114 valence electrons. The highest BCUT2D eigenvalue weighted by atomic mass is 32.1. The van der Waals surface area contributed by atoms with E-state index in [9.17, 15) is 0 Å². The smallest absolute Gasteiger partial charge is 0.185 e. The van der Waals surface area contributed by atoms with E-state index >= 15 is 0 Å². The quantitative estimate of drug-likeness (QED) is 0.833. The summed E-state index contributed by atoms with van der Waals surface area (Å²) in [5, 5.41) is 4.64. The van der Waals surface area contributed by atoms with Crippen molar-refractivity contribution in [3.63, 3.8) is 0 Å². The van der Waals surface area contributed by atoms with Gasteiger partial charge in [0.2, 0.25) is 0 Å². The van der Waals surface area contributed by atoms with Crippen LogP contribution in [-0.4, -0.2) is 18.6 Å². The van der Waals surface area contributed by atoms with Gasteiger partial charge in [0.1, 0.15) is 0 Å². The van der Waals surface area contributed by atoms with Crippen molar-refractivity contribution in [3.05, 3.63) is 46.5 Å². The number of aromatic nitrogens is 1. The summed E-state index contributed by atoms with van der Waals surface area (Å²) in [5.74, 6) is 0. The van der Waals surface area contributed by atoms with Crippen molar-refractivity contribution in [1.29, 1.82) is 0 Å². The summed E-state index contributed by atoms with van der Waals surface area (Å²) >= 11 is 1.80. The lowest BCUT2D eigenvalue weighted by atomic mass is 10.2. The van der Waals surface area contributed by atoms with E-state index in [0.29, 0.717) is 6.04 Å². The average Bonchev–Trinajstić information content (AvgIpc) is 2.88. The van der Waals surface area contributed by atoms with Gasteiger partial charge in [-0.1, -0.05) is 37.3 Å². The molecular formula is C17H25N3S. The van der Waals surface area contributed by atoms with Crippen molar-refractivity contribution < 1.29 is 0 Å². The molecule has 0 saturated carbocycles. The largest absolute Gasteiger partial charge is 0.347 e. The van der Waals surface area contributed by atoms with Gasteiger partial charge in [-0.05, 0) is 32.4 Å². The molecule has 0 aliphatic carbocycles. The van der Waals surface area contributed by atoms with Crippen LogP contribution in [0.1, 0.15) is 42.4 Å². The SMILES string of the molecule is CCCNC(C)c1sc(N(C)Cc2ccccc2)nc1C. The van der Waals surface area contributed by atoms with Crippen molar-refractivity contribution in [3.8, 4) is 0 Å². The Bertz CT molecular complexity index is 550. The van der Waals surface area contributed by atoms with Gasteiger partial charge < -0.3 is 10.2 Å². The lowest BCUT2D eigenvalue weighted by Crippen LogP contribution is -2.19. The number of thiazole rings is 1. The molecule has 0 bridgehead atoms. The molecule has 0 aliphatic rings. The molecule has 1 aromatic heterocycles. The van der Waals surface area contributed by atoms with Crippen molar-refractivity contribution in [2.45, 2.75) is 39.8 Å². The molecular weight excluding hydrogens is 278 g/mol. The first-order valence-electron chi connectivity index (χ1n) is 7.57.